The molecule has 0 spiro atoms. The molecule has 22 heavy (non-hydrogen) atoms. The van der Waals surface area contributed by atoms with E-state index >= 15 is 0 Å². The fourth-order valence-electron chi connectivity index (χ4n) is 1.78. The first-order valence-electron chi connectivity index (χ1n) is 6.15. The molecule has 0 N–H and O–H groups in total. The molecule has 2 rings (SSSR count). The van der Waals surface area contributed by atoms with Gasteiger partial charge in [0.1, 0.15) is 6.54 Å². The fourth-order valence-corrected chi connectivity index (χ4v) is 5.25. The molecule has 2 aromatic carbocycles. The summed E-state index contributed by atoms with van der Waals surface area (Å²) in [6.07, 6.45) is 0. The lowest BCUT2D eigenvalue weighted by Crippen LogP contribution is -2.37. The molecule has 0 saturated carbocycles. The van der Waals surface area contributed by atoms with Crippen LogP contribution in [0.1, 0.15) is 0 Å². The highest BCUT2D eigenvalue weighted by Crippen LogP contribution is 2.23. The third kappa shape index (κ3) is 3.01. The molecule has 0 fully saturated rings. The maximum atomic E-state index is 12.5. The number of nitrogens with zero attached hydrogens (tertiary/aromatic N) is 2. The third-order valence-electron chi connectivity index (χ3n) is 2.82. The van der Waals surface area contributed by atoms with Gasteiger partial charge in [0.05, 0.1) is 15.9 Å². The first-order chi connectivity index (χ1) is 10.4. The van der Waals surface area contributed by atoms with E-state index in [9.17, 15) is 16.8 Å². The molecule has 0 aliphatic heterocycles. The topological polar surface area (TPSA) is 95.3 Å². The zero-order valence-electron chi connectivity index (χ0n) is 11.3. The van der Waals surface area contributed by atoms with Crippen molar-refractivity contribution in [1.82, 2.24) is 3.71 Å². The van der Waals surface area contributed by atoms with Crippen LogP contribution >= 0.6 is 0 Å². The summed E-state index contributed by atoms with van der Waals surface area (Å²) < 4.78 is 50.4. The molecular weight excluding hydrogens is 324 g/mol. The predicted molar refractivity (Wildman–Crippen MR) is 79.6 cm³/mol. The lowest BCUT2D eigenvalue weighted by atomic mass is 10.4. The first kappa shape index (κ1) is 16.2. The Morgan fingerprint density at radius 2 is 1.14 bits per heavy atom. The van der Waals surface area contributed by atoms with Gasteiger partial charge in [0.25, 0.3) is 20.0 Å². The van der Waals surface area contributed by atoms with Crippen LogP contribution in [-0.4, -0.2) is 27.1 Å². The minimum absolute atomic E-state index is 0.190. The smallest absolute Gasteiger partial charge is 0.206 e. The number of benzene rings is 2. The van der Waals surface area contributed by atoms with Crippen LogP contribution in [0, 0.1) is 11.3 Å². The first-order valence-corrected chi connectivity index (χ1v) is 9.03. The average molecular weight is 336 g/mol. The van der Waals surface area contributed by atoms with Crippen molar-refractivity contribution in [1.29, 1.82) is 5.26 Å². The predicted octanol–water partition coefficient (Wildman–Crippen LogP) is 1.59. The minimum atomic E-state index is -4.35. The Morgan fingerprint density at radius 1 is 0.773 bits per heavy atom. The molecule has 0 aliphatic rings. The molecule has 6 nitrogen and oxygen atoms in total. The highest BCUT2D eigenvalue weighted by Gasteiger charge is 2.36. The number of rotatable bonds is 5. The van der Waals surface area contributed by atoms with Gasteiger partial charge in [-0.15, -0.1) is 0 Å². The lowest BCUT2D eigenvalue weighted by molar-refractivity contribution is 0.515. The van der Waals surface area contributed by atoms with Crippen LogP contribution in [0.3, 0.4) is 0 Å². The summed E-state index contributed by atoms with van der Waals surface area (Å²) in [4.78, 5) is -0.380. The standard InChI is InChI=1S/C14H12N2O4S2/c15-11-12-16(21(17,18)13-7-3-1-4-8-13)22(19,20)14-9-5-2-6-10-14/h1-10H,12H2. The van der Waals surface area contributed by atoms with Gasteiger partial charge in [-0.2, -0.15) is 5.26 Å². The quantitative estimate of drug-likeness (QED) is 0.773. The summed E-state index contributed by atoms with van der Waals surface area (Å²) in [7, 11) is -8.69. The van der Waals surface area contributed by atoms with Gasteiger partial charge >= 0.3 is 0 Å². The molecule has 0 bridgehead atoms. The van der Waals surface area contributed by atoms with Crippen LogP contribution in [0.5, 0.6) is 0 Å². The highest BCUT2D eigenvalue weighted by molar-refractivity contribution is 8.04. The summed E-state index contributed by atoms with van der Waals surface area (Å²) >= 11 is 0. The second kappa shape index (κ2) is 6.27. The Labute approximate surface area is 129 Å². The third-order valence-corrected chi connectivity index (χ3v) is 7.06. The van der Waals surface area contributed by atoms with E-state index in [2.05, 4.69) is 0 Å². The monoisotopic (exact) mass is 336 g/mol. The van der Waals surface area contributed by atoms with Gasteiger partial charge in [0, 0.05) is 0 Å². The van der Waals surface area contributed by atoms with Gasteiger partial charge in [-0.25, -0.2) is 16.8 Å². The molecule has 0 saturated heterocycles. The van der Waals surface area contributed by atoms with Crippen molar-refractivity contribution in [2.75, 3.05) is 6.54 Å². The zero-order chi connectivity index (χ0) is 16.2. The van der Waals surface area contributed by atoms with Crippen LogP contribution in [-0.2, 0) is 20.0 Å². The molecule has 0 aliphatic carbocycles. The number of hydrogen-bond donors (Lipinski definition) is 0. The largest absolute Gasteiger partial charge is 0.257 e. The molecule has 2 aromatic rings. The van der Waals surface area contributed by atoms with Gasteiger partial charge in [0.2, 0.25) is 0 Å². The maximum Gasteiger partial charge on any atom is 0.257 e. The SMILES string of the molecule is N#CCN(S(=O)(=O)c1ccccc1)S(=O)(=O)c1ccccc1. The number of hydrogen-bond acceptors (Lipinski definition) is 5. The van der Waals surface area contributed by atoms with Crippen molar-refractivity contribution in [3.8, 4) is 6.07 Å². The number of nitriles is 1. The van der Waals surface area contributed by atoms with E-state index in [1.807, 2.05) is 0 Å². The van der Waals surface area contributed by atoms with Crippen molar-refractivity contribution in [3.05, 3.63) is 60.7 Å². The van der Waals surface area contributed by atoms with Crippen molar-refractivity contribution in [3.63, 3.8) is 0 Å². The van der Waals surface area contributed by atoms with Crippen molar-refractivity contribution >= 4 is 20.0 Å². The van der Waals surface area contributed by atoms with E-state index in [1.54, 1.807) is 18.2 Å². The van der Waals surface area contributed by atoms with E-state index < -0.39 is 26.6 Å². The Hall–Kier alpha value is -2.21. The Bertz CT molecular complexity index is 817. The molecule has 0 heterocycles. The van der Waals surface area contributed by atoms with Gasteiger partial charge in [-0.3, -0.25) is 0 Å². The Balaban J connectivity index is 2.59. The second-order valence-electron chi connectivity index (χ2n) is 4.23. The molecule has 114 valence electrons. The van der Waals surface area contributed by atoms with E-state index in [0.717, 1.165) is 0 Å². The van der Waals surface area contributed by atoms with Crippen LogP contribution in [0.4, 0.5) is 0 Å². The molecule has 0 unspecified atom stereocenters. The van der Waals surface area contributed by atoms with Gasteiger partial charge in [-0.05, 0) is 24.3 Å². The fraction of sp³-hybridized carbons (Fsp3) is 0.0714. The normalized spacial score (nSPS) is 12.0. The summed E-state index contributed by atoms with van der Waals surface area (Å²) in [5.74, 6) is 0. The molecule has 0 amide bonds. The minimum Gasteiger partial charge on any atom is -0.206 e. The van der Waals surface area contributed by atoms with Crippen molar-refractivity contribution in [2.24, 2.45) is 0 Å². The van der Waals surface area contributed by atoms with Gasteiger partial charge < -0.3 is 0 Å². The van der Waals surface area contributed by atoms with Crippen LogP contribution < -0.4 is 0 Å². The van der Waals surface area contributed by atoms with E-state index in [0.29, 0.717) is 0 Å². The summed E-state index contributed by atoms with van der Waals surface area (Å²) in [5, 5.41) is 8.84. The maximum absolute atomic E-state index is 12.5. The Morgan fingerprint density at radius 3 is 1.45 bits per heavy atom. The van der Waals surface area contributed by atoms with Crippen LogP contribution in [0.15, 0.2) is 70.5 Å². The average Bonchev–Trinajstić information content (AvgIpc) is 2.54. The Kier molecular flexibility index (Phi) is 4.61. The van der Waals surface area contributed by atoms with Gasteiger partial charge in [-0.1, -0.05) is 40.1 Å². The highest BCUT2D eigenvalue weighted by atomic mass is 32.3. The molecule has 0 radical (unpaired) electrons. The van der Waals surface area contributed by atoms with Gasteiger partial charge in [0.15, 0.2) is 0 Å². The van der Waals surface area contributed by atoms with E-state index in [4.69, 9.17) is 5.26 Å². The zero-order valence-corrected chi connectivity index (χ0v) is 13.0. The van der Waals surface area contributed by atoms with Crippen LogP contribution in [0.2, 0.25) is 0 Å². The molecule has 0 atom stereocenters. The lowest BCUT2D eigenvalue weighted by Gasteiger charge is -2.19. The molecular formula is C14H12N2O4S2. The number of sulfonamides is 2. The summed E-state index contributed by atoms with van der Waals surface area (Å²) in [6.45, 7) is -0.797. The van der Waals surface area contributed by atoms with Crippen molar-refractivity contribution < 1.29 is 16.8 Å². The van der Waals surface area contributed by atoms with Crippen LogP contribution in [0.25, 0.3) is 0 Å². The van der Waals surface area contributed by atoms with Crippen molar-refractivity contribution in [2.45, 2.75) is 9.79 Å². The molecule has 0 aromatic heterocycles. The van der Waals surface area contributed by atoms with E-state index in [1.165, 1.54) is 48.5 Å². The summed E-state index contributed by atoms with van der Waals surface area (Å²) in [5.41, 5.74) is 0. The van der Waals surface area contributed by atoms with E-state index in [-0.39, 0.29) is 13.5 Å². The summed E-state index contributed by atoms with van der Waals surface area (Å²) in [6, 6.07) is 15.8. The molecule has 8 heteroatoms. The second-order valence-corrected chi connectivity index (χ2v) is 8.18.